The van der Waals surface area contributed by atoms with Gasteiger partial charge in [0, 0.05) is 17.3 Å². The highest BCUT2D eigenvalue weighted by Gasteiger charge is 2.43. The van der Waals surface area contributed by atoms with E-state index >= 15 is 0 Å². The van der Waals surface area contributed by atoms with Crippen LogP contribution in [0.4, 0.5) is 5.82 Å². The molecular weight excluding hydrogens is 492 g/mol. The minimum Gasteiger partial charge on any atom is -0.479 e. The quantitative estimate of drug-likeness (QED) is 0.346. The summed E-state index contributed by atoms with van der Waals surface area (Å²) < 4.78 is 13.9. The molecule has 8 nitrogen and oxygen atoms in total. The number of anilines is 1. The minimum atomic E-state index is -1.19. The molecule has 2 fully saturated rings. The molecule has 0 spiro atoms. The fourth-order valence-electron chi connectivity index (χ4n) is 5.86. The van der Waals surface area contributed by atoms with Crippen LogP contribution in [0.1, 0.15) is 51.0 Å². The van der Waals surface area contributed by atoms with Crippen LogP contribution >= 0.6 is 0 Å². The Morgan fingerprint density at radius 3 is 2.33 bits per heavy atom. The third-order valence-corrected chi connectivity index (χ3v) is 7.51. The van der Waals surface area contributed by atoms with Crippen molar-refractivity contribution in [1.29, 1.82) is 0 Å². The molecule has 2 unspecified atom stereocenters. The molecule has 202 valence electrons. The Balaban J connectivity index is 1.55. The monoisotopic (exact) mass is 526 g/mol. The van der Waals surface area contributed by atoms with E-state index in [1.807, 2.05) is 68.6 Å². The first-order valence-corrected chi connectivity index (χ1v) is 13.5. The zero-order valence-corrected chi connectivity index (χ0v) is 22.8. The second-order valence-electron chi connectivity index (χ2n) is 11.5. The lowest BCUT2D eigenvalue weighted by Crippen LogP contribution is -2.48. The Hall–Kier alpha value is -3.75. The molecule has 4 aromatic rings. The van der Waals surface area contributed by atoms with Crippen molar-refractivity contribution in [2.75, 3.05) is 18.1 Å². The van der Waals surface area contributed by atoms with Crippen LogP contribution in [0.5, 0.6) is 0 Å². The average Bonchev–Trinajstić information content (AvgIpc) is 3.43. The molecule has 2 aliphatic rings. The normalized spacial score (nSPS) is 19.9. The number of ether oxygens (including phenoxy) is 2. The van der Waals surface area contributed by atoms with Gasteiger partial charge in [-0.3, -0.25) is 0 Å². The number of carboxylic acids is 1. The van der Waals surface area contributed by atoms with Gasteiger partial charge in [-0.25, -0.2) is 9.78 Å². The minimum absolute atomic E-state index is 0.144. The van der Waals surface area contributed by atoms with Crippen LogP contribution in [0.3, 0.4) is 0 Å². The summed E-state index contributed by atoms with van der Waals surface area (Å²) in [4.78, 5) is 19.8. The lowest BCUT2D eigenvalue weighted by atomic mass is 10.0. The first kappa shape index (κ1) is 25.5. The summed E-state index contributed by atoms with van der Waals surface area (Å²) in [5.41, 5.74) is 5.18. The van der Waals surface area contributed by atoms with Gasteiger partial charge in [0.2, 0.25) is 0 Å². The Morgan fingerprint density at radius 2 is 1.67 bits per heavy atom. The molecule has 0 aliphatic carbocycles. The summed E-state index contributed by atoms with van der Waals surface area (Å²) in [5, 5.41) is 15.4. The van der Waals surface area contributed by atoms with Crippen molar-refractivity contribution < 1.29 is 19.4 Å². The first-order valence-electron chi connectivity index (χ1n) is 13.5. The molecule has 39 heavy (non-hydrogen) atoms. The molecule has 8 heteroatoms. The molecule has 2 aliphatic heterocycles. The SMILES string of the molecule is Cc1nc2cc(-c3cccc(-c4ccccc4)c3)nn2c(N2C3CCC2COC3)c1[C@H](OC(C)(C)C)C(=O)O. The second-order valence-corrected chi connectivity index (χ2v) is 11.5. The van der Waals surface area contributed by atoms with Crippen LogP contribution in [0.25, 0.3) is 28.0 Å². The van der Waals surface area contributed by atoms with Gasteiger partial charge < -0.3 is 19.5 Å². The van der Waals surface area contributed by atoms with Gasteiger partial charge >= 0.3 is 5.97 Å². The fraction of sp³-hybridized carbons (Fsp3) is 0.387. The van der Waals surface area contributed by atoms with Crippen molar-refractivity contribution in [1.82, 2.24) is 14.6 Å². The number of hydrogen-bond acceptors (Lipinski definition) is 6. The first-order chi connectivity index (χ1) is 18.7. The Morgan fingerprint density at radius 1 is 1.00 bits per heavy atom. The highest BCUT2D eigenvalue weighted by Crippen LogP contribution is 2.41. The summed E-state index contributed by atoms with van der Waals surface area (Å²) in [6.45, 7) is 8.68. The number of aliphatic carboxylic acids is 1. The summed E-state index contributed by atoms with van der Waals surface area (Å²) in [7, 11) is 0. The molecule has 0 amide bonds. The topological polar surface area (TPSA) is 89.2 Å². The predicted octanol–water partition coefficient (Wildman–Crippen LogP) is 5.68. The molecule has 2 aromatic carbocycles. The number of morpholine rings is 1. The molecule has 0 saturated carbocycles. The highest BCUT2D eigenvalue weighted by atomic mass is 16.5. The number of hydrogen-bond donors (Lipinski definition) is 1. The molecule has 2 saturated heterocycles. The second kappa shape index (κ2) is 9.77. The number of aromatic nitrogens is 3. The van der Waals surface area contributed by atoms with E-state index in [-0.39, 0.29) is 12.1 Å². The lowest BCUT2D eigenvalue weighted by molar-refractivity contribution is -0.160. The van der Waals surface area contributed by atoms with Crippen molar-refractivity contribution in [2.45, 2.75) is 64.3 Å². The maximum absolute atomic E-state index is 12.7. The Labute approximate surface area is 228 Å². The highest BCUT2D eigenvalue weighted by molar-refractivity contribution is 5.79. The summed E-state index contributed by atoms with van der Waals surface area (Å²) in [6.07, 6.45) is 0.782. The van der Waals surface area contributed by atoms with Gasteiger partial charge in [-0.05, 0) is 57.7 Å². The number of rotatable bonds is 6. The lowest BCUT2D eigenvalue weighted by Gasteiger charge is -2.39. The molecule has 1 N–H and O–H groups in total. The molecule has 4 heterocycles. The van der Waals surface area contributed by atoms with E-state index < -0.39 is 17.7 Å². The van der Waals surface area contributed by atoms with Gasteiger partial charge in [-0.15, -0.1) is 0 Å². The number of benzene rings is 2. The van der Waals surface area contributed by atoms with Gasteiger partial charge in [0.15, 0.2) is 11.8 Å². The fourth-order valence-corrected chi connectivity index (χ4v) is 5.86. The van der Waals surface area contributed by atoms with Gasteiger partial charge in [0.25, 0.3) is 0 Å². The van der Waals surface area contributed by atoms with Crippen LogP contribution in [0.2, 0.25) is 0 Å². The maximum Gasteiger partial charge on any atom is 0.337 e. The van der Waals surface area contributed by atoms with Gasteiger partial charge in [0.1, 0.15) is 5.82 Å². The summed E-state index contributed by atoms with van der Waals surface area (Å²) >= 11 is 0. The smallest absolute Gasteiger partial charge is 0.337 e. The van der Waals surface area contributed by atoms with Crippen molar-refractivity contribution in [3.05, 3.63) is 71.9 Å². The van der Waals surface area contributed by atoms with E-state index in [9.17, 15) is 9.90 Å². The number of carbonyl (C=O) groups is 1. The van der Waals surface area contributed by atoms with E-state index in [1.165, 1.54) is 0 Å². The molecular formula is C31H34N4O4. The Kier molecular flexibility index (Phi) is 6.40. The maximum atomic E-state index is 12.7. The van der Waals surface area contributed by atoms with Gasteiger partial charge in [-0.1, -0.05) is 48.5 Å². The number of fused-ring (bicyclic) bond motifs is 3. The number of nitrogens with zero attached hydrogens (tertiary/aromatic N) is 4. The van der Waals surface area contributed by atoms with Crippen molar-refractivity contribution >= 4 is 17.4 Å². The zero-order valence-electron chi connectivity index (χ0n) is 22.8. The molecule has 3 atom stereocenters. The number of carboxylic acid groups (broad SMARTS) is 1. The third-order valence-electron chi connectivity index (χ3n) is 7.51. The van der Waals surface area contributed by atoms with E-state index in [2.05, 4.69) is 29.2 Å². The van der Waals surface area contributed by atoms with E-state index in [1.54, 1.807) is 0 Å². The van der Waals surface area contributed by atoms with Crippen LogP contribution in [-0.4, -0.2) is 56.6 Å². The number of aryl methyl sites for hydroxylation is 1. The van der Waals surface area contributed by atoms with E-state index in [0.717, 1.165) is 41.0 Å². The summed E-state index contributed by atoms with van der Waals surface area (Å²) in [6, 6.07) is 20.8. The predicted molar refractivity (Wildman–Crippen MR) is 150 cm³/mol. The van der Waals surface area contributed by atoms with Crippen LogP contribution in [-0.2, 0) is 14.3 Å². The largest absolute Gasteiger partial charge is 0.479 e. The van der Waals surface area contributed by atoms with Crippen molar-refractivity contribution in [3.63, 3.8) is 0 Å². The summed E-state index contributed by atoms with van der Waals surface area (Å²) in [5.74, 6) is -0.297. The molecule has 6 rings (SSSR count). The zero-order chi connectivity index (χ0) is 27.3. The van der Waals surface area contributed by atoms with Crippen LogP contribution < -0.4 is 4.90 Å². The molecule has 2 bridgehead atoms. The van der Waals surface area contributed by atoms with Crippen molar-refractivity contribution in [2.24, 2.45) is 0 Å². The molecule has 0 radical (unpaired) electrons. The van der Waals surface area contributed by atoms with E-state index in [4.69, 9.17) is 19.6 Å². The average molecular weight is 527 g/mol. The Bertz CT molecular complexity index is 1510. The van der Waals surface area contributed by atoms with Crippen LogP contribution in [0, 0.1) is 6.92 Å². The standard InChI is InChI=1S/C31H34N4O4/c1-19-27(28(30(36)37)39-31(2,3)4)29(34-23-13-14-24(34)18-38-17-23)35-26(32-19)16-25(33-35)22-12-8-11-21(15-22)20-9-6-5-7-10-20/h5-12,15-16,23-24,28H,13-14,17-18H2,1-4H3,(H,36,37)/t23?,24?,28-/m0/s1. The van der Waals surface area contributed by atoms with Gasteiger partial charge in [0.05, 0.1) is 42.2 Å². The van der Waals surface area contributed by atoms with E-state index in [0.29, 0.717) is 30.1 Å². The van der Waals surface area contributed by atoms with Crippen molar-refractivity contribution in [3.8, 4) is 22.4 Å². The molecule has 2 aromatic heterocycles. The van der Waals surface area contributed by atoms with Crippen LogP contribution in [0.15, 0.2) is 60.7 Å². The third kappa shape index (κ3) is 4.79. The van der Waals surface area contributed by atoms with Gasteiger partial charge in [-0.2, -0.15) is 9.61 Å².